The van der Waals surface area contributed by atoms with E-state index in [1.807, 2.05) is 24.1 Å². The van der Waals surface area contributed by atoms with Crippen LogP contribution in [0, 0.1) is 0 Å². The van der Waals surface area contributed by atoms with Crippen molar-refractivity contribution >= 4 is 23.6 Å². The van der Waals surface area contributed by atoms with E-state index < -0.39 is 12.0 Å². The van der Waals surface area contributed by atoms with Gasteiger partial charge in [-0.25, -0.2) is 9.59 Å². The Balaban J connectivity index is 1.98. The molecule has 0 saturated heterocycles. The van der Waals surface area contributed by atoms with E-state index in [4.69, 9.17) is 21.1 Å². The Morgan fingerprint density at radius 2 is 2.08 bits per heavy atom. The Labute approximate surface area is 158 Å². The third kappa shape index (κ3) is 5.37. The van der Waals surface area contributed by atoms with Crippen LogP contribution in [-0.4, -0.2) is 56.3 Å². The maximum atomic E-state index is 12.2. The van der Waals surface area contributed by atoms with Gasteiger partial charge in [0.25, 0.3) is 0 Å². The number of benzene rings is 1. The van der Waals surface area contributed by atoms with E-state index in [0.29, 0.717) is 41.7 Å². The molecular formula is C18H24ClN3O4. The lowest BCUT2D eigenvalue weighted by molar-refractivity contribution is -0.139. The molecule has 1 aliphatic rings. The van der Waals surface area contributed by atoms with Gasteiger partial charge in [0.1, 0.15) is 12.4 Å². The molecule has 0 saturated carbocycles. The van der Waals surface area contributed by atoms with Gasteiger partial charge in [0, 0.05) is 18.8 Å². The van der Waals surface area contributed by atoms with Crippen LogP contribution >= 0.6 is 11.6 Å². The maximum Gasteiger partial charge on any atom is 0.337 e. The van der Waals surface area contributed by atoms with Crippen molar-refractivity contribution in [3.63, 3.8) is 0 Å². The molecule has 26 heavy (non-hydrogen) atoms. The second-order valence-electron chi connectivity index (χ2n) is 5.95. The highest BCUT2D eigenvalue weighted by Gasteiger charge is 2.29. The van der Waals surface area contributed by atoms with E-state index in [2.05, 4.69) is 10.6 Å². The van der Waals surface area contributed by atoms with Crippen molar-refractivity contribution in [2.75, 3.05) is 33.4 Å². The van der Waals surface area contributed by atoms with Crippen molar-refractivity contribution in [1.82, 2.24) is 15.5 Å². The molecule has 0 bridgehead atoms. The minimum absolute atomic E-state index is 0.276. The Morgan fingerprint density at radius 3 is 2.77 bits per heavy atom. The number of urea groups is 1. The molecule has 2 N–H and O–H groups in total. The average molecular weight is 382 g/mol. The molecule has 8 heteroatoms. The molecule has 7 nitrogen and oxygen atoms in total. The summed E-state index contributed by atoms with van der Waals surface area (Å²) in [5.41, 5.74) is 0.977. The summed E-state index contributed by atoms with van der Waals surface area (Å²) in [6.07, 6.45) is 0. The van der Waals surface area contributed by atoms with Crippen LogP contribution in [0.25, 0.3) is 0 Å². The molecular weight excluding hydrogens is 358 g/mol. The quantitative estimate of drug-likeness (QED) is 0.674. The summed E-state index contributed by atoms with van der Waals surface area (Å²) in [6.45, 7) is 5.17. The first-order chi connectivity index (χ1) is 12.4. The summed E-state index contributed by atoms with van der Waals surface area (Å²) in [7, 11) is 1.88. The fraction of sp³-hybridized carbons (Fsp3) is 0.444. The van der Waals surface area contributed by atoms with Gasteiger partial charge in [-0.1, -0.05) is 23.7 Å². The summed E-state index contributed by atoms with van der Waals surface area (Å²) in [4.78, 5) is 25.9. The molecule has 1 aromatic rings. The molecule has 1 heterocycles. The zero-order valence-corrected chi connectivity index (χ0v) is 15.9. The first-order valence-corrected chi connectivity index (χ1v) is 8.83. The van der Waals surface area contributed by atoms with Gasteiger partial charge in [-0.15, -0.1) is 0 Å². The lowest BCUT2D eigenvalue weighted by Crippen LogP contribution is -2.51. The highest BCUT2D eigenvalue weighted by molar-refractivity contribution is 6.32. The average Bonchev–Trinajstić information content (AvgIpc) is 2.56. The lowest BCUT2D eigenvalue weighted by Gasteiger charge is -2.29. The number of likely N-dealkylation sites (N-methyl/N-ethyl adjacent to an activating group) is 1. The van der Waals surface area contributed by atoms with Gasteiger partial charge in [-0.05, 0) is 33.0 Å². The Kier molecular flexibility index (Phi) is 7.29. The zero-order chi connectivity index (χ0) is 19.1. The van der Waals surface area contributed by atoms with Crippen molar-refractivity contribution in [3.05, 3.63) is 40.6 Å². The molecule has 1 atom stereocenters. The number of para-hydroxylation sites is 1. The number of nitrogens with one attached hydrogen (secondary N) is 2. The lowest BCUT2D eigenvalue weighted by atomic mass is 10.0. The number of halogens is 1. The second kappa shape index (κ2) is 9.45. The van der Waals surface area contributed by atoms with Crippen molar-refractivity contribution in [3.8, 4) is 5.75 Å². The molecule has 2 amide bonds. The van der Waals surface area contributed by atoms with Crippen molar-refractivity contribution in [2.24, 2.45) is 0 Å². The second-order valence-corrected chi connectivity index (χ2v) is 6.36. The van der Waals surface area contributed by atoms with Crippen LogP contribution in [-0.2, 0) is 9.53 Å². The fourth-order valence-electron chi connectivity index (χ4n) is 2.63. The van der Waals surface area contributed by atoms with Crippen molar-refractivity contribution in [1.29, 1.82) is 0 Å². The van der Waals surface area contributed by atoms with Gasteiger partial charge in [-0.2, -0.15) is 0 Å². The Morgan fingerprint density at radius 1 is 1.35 bits per heavy atom. The summed E-state index contributed by atoms with van der Waals surface area (Å²) in [5, 5.41) is 5.94. The first-order valence-electron chi connectivity index (χ1n) is 8.46. The van der Waals surface area contributed by atoms with E-state index >= 15 is 0 Å². The smallest absolute Gasteiger partial charge is 0.337 e. The summed E-state index contributed by atoms with van der Waals surface area (Å²) < 4.78 is 10.8. The summed E-state index contributed by atoms with van der Waals surface area (Å²) >= 11 is 6.06. The number of nitrogens with zero attached hydrogens (tertiary/aromatic N) is 1. The van der Waals surface area contributed by atoms with E-state index in [1.54, 1.807) is 26.0 Å². The predicted molar refractivity (Wildman–Crippen MR) is 99.2 cm³/mol. The van der Waals surface area contributed by atoms with Crippen LogP contribution in [0.5, 0.6) is 5.75 Å². The minimum atomic E-state index is -0.428. The summed E-state index contributed by atoms with van der Waals surface area (Å²) in [6, 6.07) is 6.52. The molecule has 0 spiro atoms. The Hall–Kier alpha value is -2.25. The van der Waals surface area contributed by atoms with Crippen LogP contribution in [0.4, 0.5) is 4.79 Å². The van der Waals surface area contributed by atoms with Gasteiger partial charge in [0.15, 0.2) is 0 Å². The van der Waals surface area contributed by atoms with Crippen LogP contribution in [0.1, 0.15) is 13.8 Å². The number of carbonyl (C=O) groups excluding carboxylic acids is 2. The normalized spacial score (nSPS) is 17.0. The molecule has 0 fully saturated rings. The monoisotopic (exact) mass is 381 g/mol. The highest BCUT2D eigenvalue weighted by atomic mass is 35.5. The number of carbonyl (C=O) groups is 2. The molecule has 1 aromatic carbocycles. The number of amides is 2. The maximum absolute atomic E-state index is 12.2. The third-order valence-electron chi connectivity index (χ3n) is 3.86. The molecule has 0 aromatic heterocycles. The van der Waals surface area contributed by atoms with Gasteiger partial charge in [0.05, 0.1) is 23.2 Å². The molecule has 1 aliphatic heterocycles. The predicted octanol–water partition coefficient (Wildman–Crippen LogP) is 2.17. The SMILES string of the molecule is CCOC(=O)C1=C(CN(C)CCOc2ccccc2Cl)NC(=O)N[C@@H]1C. The molecule has 0 radical (unpaired) electrons. The van der Waals surface area contributed by atoms with E-state index in [1.165, 1.54) is 0 Å². The number of hydrogen-bond acceptors (Lipinski definition) is 5. The van der Waals surface area contributed by atoms with Crippen LogP contribution in [0.15, 0.2) is 35.5 Å². The fourth-order valence-corrected chi connectivity index (χ4v) is 2.82. The Bertz CT molecular complexity index is 693. The number of ether oxygens (including phenoxy) is 2. The molecule has 0 aliphatic carbocycles. The number of rotatable bonds is 8. The first kappa shape index (κ1) is 20.1. The minimum Gasteiger partial charge on any atom is -0.491 e. The standard InChI is InChI=1S/C18H24ClN3O4/c1-4-25-17(23)16-12(2)20-18(24)21-14(16)11-22(3)9-10-26-15-8-6-5-7-13(15)19/h5-8,12H,4,9-11H2,1-3H3,(H2,20,21,24)/t12-/m1/s1. The number of hydrogen-bond donors (Lipinski definition) is 2. The van der Waals surface area contributed by atoms with Gasteiger partial charge < -0.3 is 20.1 Å². The van der Waals surface area contributed by atoms with Crippen LogP contribution < -0.4 is 15.4 Å². The van der Waals surface area contributed by atoms with Crippen molar-refractivity contribution in [2.45, 2.75) is 19.9 Å². The zero-order valence-electron chi connectivity index (χ0n) is 15.2. The van der Waals surface area contributed by atoms with E-state index in [-0.39, 0.29) is 12.6 Å². The van der Waals surface area contributed by atoms with E-state index in [9.17, 15) is 9.59 Å². The topological polar surface area (TPSA) is 79.9 Å². The van der Waals surface area contributed by atoms with Crippen LogP contribution in [0.3, 0.4) is 0 Å². The van der Waals surface area contributed by atoms with Crippen LogP contribution in [0.2, 0.25) is 5.02 Å². The molecule has 0 unspecified atom stereocenters. The summed E-state index contributed by atoms with van der Waals surface area (Å²) in [5.74, 6) is 0.195. The van der Waals surface area contributed by atoms with Gasteiger partial charge in [0.2, 0.25) is 0 Å². The molecule has 2 rings (SSSR count). The van der Waals surface area contributed by atoms with E-state index in [0.717, 1.165) is 0 Å². The van der Waals surface area contributed by atoms with Crippen molar-refractivity contribution < 1.29 is 19.1 Å². The largest absolute Gasteiger partial charge is 0.491 e. The number of esters is 1. The molecule has 142 valence electrons. The van der Waals surface area contributed by atoms with Gasteiger partial charge >= 0.3 is 12.0 Å². The third-order valence-corrected chi connectivity index (χ3v) is 4.17. The van der Waals surface area contributed by atoms with Gasteiger partial charge in [-0.3, -0.25) is 4.90 Å². The highest BCUT2D eigenvalue weighted by Crippen LogP contribution is 2.23.